The van der Waals surface area contributed by atoms with Crippen molar-refractivity contribution in [2.75, 3.05) is 13.1 Å². The van der Waals surface area contributed by atoms with E-state index in [0.717, 1.165) is 5.56 Å². The molecule has 1 saturated heterocycles. The molecule has 2 rings (SSSR count). The fraction of sp³-hybridized carbons (Fsp3) is 0.444. The molecule has 0 aromatic heterocycles. The van der Waals surface area contributed by atoms with E-state index in [9.17, 15) is 19.2 Å². The molecule has 27 heavy (non-hydrogen) atoms. The molecule has 0 unspecified atom stereocenters. The minimum atomic E-state index is -0.834. The van der Waals surface area contributed by atoms with E-state index in [1.807, 2.05) is 30.3 Å². The highest BCUT2D eigenvalue weighted by Gasteiger charge is 2.35. The predicted octanol–water partition coefficient (Wildman–Crippen LogP) is -0.106. The first kappa shape index (κ1) is 20.2. The average Bonchev–Trinajstić information content (AvgIpc) is 3.15. The third-order valence-corrected chi connectivity index (χ3v) is 4.22. The van der Waals surface area contributed by atoms with E-state index in [-0.39, 0.29) is 19.1 Å². The molecule has 2 atom stereocenters. The molecule has 0 aliphatic carbocycles. The zero-order chi connectivity index (χ0) is 19.8. The molecular weight excluding hydrogens is 352 g/mol. The Morgan fingerprint density at radius 1 is 1.26 bits per heavy atom. The van der Waals surface area contributed by atoms with Crippen molar-refractivity contribution < 1.29 is 23.9 Å². The van der Waals surface area contributed by atoms with Gasteiger partial charge in [0.25, 0.3) is 0 Å². The maximum Gasteiger partial charge on any atom is 0.407 e. The summed E-state index contributed by atoms with van der Waals surface area (Å²) in [7, 11) is 0. The summed E-state index contributed by atoms with van der Waals surface area (Å²) in [6.07, 6.45) is 0.479. The minimum absolute atomic E-state index is 0.0899. The molecular formula is C18H24N4O5. The van der Waals surface area contributed by atoms with Crippen molar-refractivity contribution in [1.82, 2.24) is 15.5 Å². The van der Waals surface area contributed by atoms with E-state index in [4.69, 9.17) is 10.5 Å². The highest BCUT2D eigenvalue weighted by atomic mass is 16.5. The van der Waals surface area contributed by atoms with Gasteiger partial charge in [-0.05, 0) is 25.3 Å². The SMILES string of the molecule is C[C@H](NC(=O)CNC(=O)OCc1ccccc1)C(=O)N1CCC[C@H]1C(N)=O. The van der Waals surface area contributed by atoms with Crippen LogP contribution in [-0.4, -0.2) is 53.9 Å². The van der Waals surface area contributed by atoms with Gasteiger partial charge in [-0.2, -0.15) is 0 Å². The largest absolute Gasteiger partial charge is 0.445 e. The smallest absolute Gasteiger partial charge is 0.407 e. The maximum atomic E-state index is 12.4. The molecule has 1 aromatic carbocycles. The summed E-state index contributed by atoms with van der Waals surface area (Å²) in [5, 5.41) is 4.81. The summed E-state index contributed by atoms with van der Waals surface area (Å²) in [6, 6.07) is 7.65. The number of rotatable bonds is 7. The van der Waals surface area contributed by atoms with Gasteiger partial charge >= 0.3 is 6.09 Å². The molecule has 9 heteroatoms. The Hall–Kier alpha value is -3.10. The fourth-order valence-corrected chi connectivity index (χ4v) is 2.86. The van der Waals surface area contributed by atoms with Crippen molar-refractivity contribution in [2.24, 2.45) is 5.73 Å². The molecule has 1 fully saturated rings. The lowest BCUT2D eigenvalue weighted by Gasteiger charge is -2.25. The Bertz CT molecular complexity index is 694. The Morgan fingerprint density at radius 3 is 2.63 bits per heavy atom. The Balaban J connectivity index is 1.72. The number of primary amides is 1. The topological polar surface area (TPSA) is 131 Å². The lowest BCUT2D eigenvalue weighted by atomic mass is 10.2. The number of carbonyl (C=O) groups is 4. The zero-order valence-corrected chi connectivity index (χ0v) is 15.1. The van der Waals surface area contributed by atoms with Crippen LogP contribution in [0.5, 0.6) is 0 Å². The first-order chi connectivity index (χ1) is 12.9. The van der Waals surface area contributed by atoms with Crippen LogP contribution in [0.2, 0.25) is 0 Å². The van der Waals surface area contributed by atoms with Gasteiger partial charge in [0.05, 0.1) is 0 Å². The number of nitrogens with two attached hydrogens (primary N) is 1. The standard InChI is InChI=1S/C18H24N4O5/c1-12(17(25)22-9-5-8-14(22)16(19)24)21-15(23)10-20-18(26)27-11-13-6-3-2-4-7-13/h2-4,6-7,12,14H,5,8-11H2,1H3,(H2,19,24)(H,20,26)(H,21,23)/t12-,14-/m0/s1. The number of amides is 4. The summed E-state index contributed by atoms with van der Waals surface area (Å²) in [4.78, 5) is 48.7. The number of ether oxygens (including phenoxy) is 1. The maximum absolute atomic E-state index is 12.4. The quantitative estimate of drug-likeness (QED) is 0.611. The number of nitrogens with zero attached hydrogens (tertiary/aromatic N) is 1. The predicted molar refractivity (Wildman–Crippen MR) is 96.2 cm³/mol. The van der Waals surface area contributed by atoms with Crippen LogP contribution in [0.1, 0.15) is 25.3 Å². The summed E-state index contributed by atoms with van der Waals surface area (Å²) in [5.41, 5.74) is 6.12. The highest BCUT2D eigenvalue weighted by Crippen LogP contribution is 2.17. The Morgan fingerprint density at radius 2 is 1.96 bits per heavy atom. The van der Waals surface area contributed by atoms with Gasteiger partial charge in [-0.3, -0.25) is 14.4 Å². The van der Waals surface area contributed by atoms with E-state index in [2.05, 4.69) is 10.6 Å². The second-order valence-corrected chi connectivity index (χ2v) is 6.30. The van der Waals surface area contributed by atoms with Crippen LogP contribution in [0.15, 0.2) is 30.3 Å². The molecule has 0 bridgehead atoms. The van der Waals surface area contributed by atoms with E-state index in [1.54, 1.807) is 0 Å². The van der Waals surface area contributed by atoms with Crippen molar-refractivity contribution in [3.63, 3.8) is 0 Å². The normalized spacial score (nSPS) is 17.1. The first-order valence-electron chi connectivity index (χ1n) is 8.72. The molecule has 4 amide bonds. The molecule has 4 N–H and O–H groups in total. The highest BCUT2D eigenvalue weighted by molar-refractivity contribution is 5.92. The molecule has 9 nitrogen and oxygen atoms in total. The van der Waals surface area contributed by atoms with Gasteiger partial charge in [0.1, 0.15) is 25.2 Å². The summed E-state index contributed by atoms with van der Waals surface area (Å²) in [6.45, 7) is 1.71. The second kappa shape index (κ2) is 9.56. The third kappa shape index (κ3) is 5.98. The van der Waals surface area contributed by atoms with Crippen LogP contribution < -0.4 is 16.4 Å². The lowest BCUT2D eigenvalue weighted by molar-refractivity contribution is -0.140. The van der Waals surface area contributed by atoms with Crippen LogP contribution in [-0.2, 0) is 25.7 Å². The van der Waals surface area contributed by atoms with Gasteiger partial charge in [-0.1, -0.05) is 30.3 Å². The molecule has 0 saturated carbocycles. The summed E-state index contributed by atoms with van der Waals surface area (Å²) >= 11 is 0. The van der Waals surface area contributed by atoms with Crippen molar-refractivity contribution in [1.29, 1.82) is 0 Å². The van der Waals surface area contributed by atoms with Gasteiger partial charge in [-0.25, -0.2) is 4.79 Å². The number of likely N-dealkylation sites (tertiary alicyclic amines) is 1. The van der Waals surface area contributed by atoms with E-state index in [1.165, 1.54) is 11.8 Å². The van der Waals surface area contributed by atoms with E-state index >= 15 is 0 Å². The minimum Gasteiger partial charge on any atom is -0.445 e. The monoisotopic (exact) mass is 376 g/mol. The fourth-order valence-electron chi connectivity index (χ4n) is 2.86. The van der Waals surface area contributed by atoms with Crippen LogP contribution in [0.25, 0.3) is 0 Å². The van der Waals surface area contributed by atoms with Crippen LogP contribution >= 0.6 is 0 Å². The number of benzene rings is 1. The van der Waals surface area contributed by atoms with Gasteiger partial charge < -0.3 is 26.0 Å². The van der Waals surface area contributed by atoms with Crippen molar-refractivity contribution in [3.8, 4) is 0 Å². The molecule has 1 aromatic rings. The molecule has 1 heterocycles. The molecule has 1 aliphatic rings. The summed E-state index contributed by atoms with van der Waals surface area (Å²) < 4.78 is 5.00. The molecule has 0 radical (unpaired) electrons. The molecule has 146 valence electrons. The number of hydrogen-bond donors (Lipinski definition) is 3. The number of carbonyl (C=O) groups excluding carboxylic acids is 4. The van der Waals surface area contributed by atoms with Crippen molar-refractivity contribution in [3.05, 3.63) is 35.9 Å². The second-order valence-electron chi connectivity index (χ2n) is 6.30. The summed E-state index contributed by atoms with van der Waals surface area (Å²) in [5.74, 6) is -1.47. The van der Waals surface area contributed by atoms with E-state index < -0.39 is 30.0 Å². The lowest BCUT2D eigenvalue weighted by Crippen LogP contribution is -2.52. The van der Waals surface area contributed by atoms with Crippen molar-refractivity contribution in [2.45, 2.75) is 38.5 Å². The van der Waals surface area contributed by atoms with Crippen LogP contribution in [0.4, 0.5) is 4.79 Å². The number of hydrogen-bond acceptors (Lipinski definition) is 5. The zero-order valence-electron chi connectivity index (χ0n) is 15.1. The third-order valence-electron chi connectivity index (χ3n) is 4.22. The Kier molecular flexibility index (Phi) is 7.16. The van der Waals surface area contributed by atoms with Gasteiger partial charge in [0.15, 0.2) is 0 Å². The average molecular weight is 376 g/mol. The molecule has 0 spiro atoms. The first-order valence-corrected chi connectivity index (χ1v) is 8.72. The Labute approximate surface area is 157 Å². The van der Waals surface area contributed by atoms with Gasteiger partial charge in [0, 0.05) is 6.54 Å². The molecule has 1 aliphatic heterocycles. The van der Waals surface area contributed by atoms with Crippen LogP contribution in [0.3, 0.4) is 0 Å². The van der Waals surface area contributed by atoms with Crippen molar-refractivity contribution >= 4 is 23.8 Å². The van der Waals surface area contributed by atoms with Gasteiger partial charge in [0.2, 0.25) is 17.7 Å². The number of alkyl carbamates (subject to hydrolysis) is 1. The van der Waals surface area contributed by atoms with Crippen LogP contribution in [0, 0.1) is 0 Å². The van der Waals surface area contributed by atoms with E-state index in [0.29, 0.717) is 19.4 Å². The van der Waals surface area contributed by atoms with Gasteiger partial charge in [-0.15, -0.1) is 0 Å². The number of nitrogens with one attached hydrogen (secondary N) is 2.